The normalized spacial score (nSPS) is 9.00. The molecule has 4 heteroatoms. The summed E-state index contributed by atoms with van der Waals surface area (Å²) in [5.41, 5.74) is 0. The van der Waals surface area contributed by atoms with Crippen molar-refractivity contribution >= 4 is 5.97 Å². The molecular formula is C10H16O4. The Balaban J connectivity index is 3.53. The highest BCUT2D eigenvalue weighted by atomic mass is 16.6. The maximum Gasteiger partial charge on any atom is 0.372 e. The highest BCUT2D eigenvalue weighted by Gasteiger charge is 2.08. The average Bonchev–Trinajstić information content (AvgIpc) is 2.12. The van der Waals surface area contributed by atoms with Crippen LogP contribution in [0.3, 0.4) is 0 Å². The van der Waals surface area contributed by atoms with E-state index in [1.807, 2.05) is 0 Å². The highest BCUT2D eigenvalue weighted by molar-refractivity contribution is 5.85. The highest BCUT2D eigenvalue weighted by Crippen LogP contribution is 1.98. The zero-order chi connectivity index (χ0) is 11.0. The van der Waals surface area contributed by atoms with Crippen LogP contribution >= 0.6 is 0 Å². The molecule has 0 bridgehead atoms. The minimum Gasteiger partial charge on any atom is -0.495 e. The van der Waals surface area contributed by atoms with E-state index in [0.717, 1.165) is 0 Å². The van der Waals surface area contributed by atoms with E-state index in [1.54, 1.807) is 13.8 Å². The van der Waals surface area contributed by atoms with Gasteiger partial charge in [-0.1, -0.05) is 6.58 Å². The maximum atomic E-state index is 11.0. The smallest absolute Gasteiger partial charge is 0.372 e. The van der Waals surface area contributed by atoms with Gasteiger partial charge in [0.25, 0.3) is 0 Å². The van der Waals surface area contributed by atoms with Gasteiger partial charge in [0.2, 0.25) is 0 Å². The first-order valence-corrected chi connectivity index (χ1v) is 4.35. The number of hydrogen-bond acceptors (Lipinski definition) is 4. The van der Waals surface area contributed by atoms with E-state index in [4.69, 9.17) is 9.47 Å². The first-order valence-electron chi connectivity index (χ1n) is 4.35. The van der Waals surface area contributed by atoms with Gasteiger partial charge in [0.15, 0.2) is 5.76 Å². The third-order valence-electron chi connectivity index (χ3n) is 1.21. The molecule has 0 rings (SSSR count). The molecule has 0 saturated carbocycles. The predicted octanol–water partition coefficient (Wildman–Crippen LogP) is 1.63. The molecule has 0 radical (unpaired) electrons. The van der Waals surface area contributed by atoms with Crippen molar-refractivity contribution in [3.8, 4) is 0 Å². The van der Waals surface area contributed by atoms with Gasteiger partial charge in [0, 0.05) is 0 Å². The van der Waals surface area contributed by atoms with Crippen LogP contribution in [-0.2, 0) is 19.0 Å². The summed E-state index contributed by atoms with van der Waals surface area (Å²) < 4.78 is 14.7. The lowest BCUT2D eigenvalue weighted by molar-refractivity contribution is -0.142. The van der Waals surface area contributed by atoms with Crippen LogP contribution in [0.15, 0.2) is 24.7 Å². The molecule has 14 heavy (non-hydrogen) atoms. The fourth-order valence-electron chi connectivity index (χ4n) is 0.651. The maximum absolute atomic E-state index is 11.0. The molecule has 0 heterocycles. The van der Waals surface area contributed by atoms with Crippen molar-refractivity contribution in [2.75, 3.05) is 19.8 Å². The molecule has 0 saturated heterocycles. The van der Waals surface area contributed by atoms with Crippen LogP contribution in [-0.4, -0.2) is 25.8 Å². The van der Waals surface area contributed by atoms with E-state index in [1.165, 1.54) is 0 Å². The Bertz CT molecular complexity index is 220. The average molecular weight is 200 g/mol. The summed E-state index contributed by atoms with van der Waals surface area (Å²) in [6, 6.07) is 0. The molecule has 0 spiro atoms. The third kappa shape index (κ3) is 6.11. The lowest BCUT2D eigenvalue weighted by Crippen LogP contribution is -2.12. The van der Waals surface area contributed by atoms with E-state index < -0.39 is 5.97 Å². The molecule has 0 aliphatic carbocycles. The Labute approximate surface area is 84.1 Å². The first kappa shape index (κ1) is 12.6. The van der Waals surface area contributed by atoms with Crippen LogP contribution in [0.5, 0.6) is 0 Å². The molecule has 0 fully saturated rings. The number of carbonyl (C=O) groups is 1. The first-order chi connectivity index (χ1) is 6.57. The van der Waals surface area contributed by atoms with Crippen LogP contribution in [0.2, 0.25) is 0 Å². The molecule has 0 N–H and O–H groups in total. The molecule has 0 aromatic rings. The summed E-state index contributed by atoms with van der Waals surface area (Å²) in [4.78, 5) is 11.0. The monoisotopic (exact) mass is 200 g/mol. The van der Waals surface area contributed by atoms with E-state index >= 15 is 0 Å². The summed E-state index contributed by atoms with van der Waals surface area (Å²) in [6.45, 7) is 11.3. The summed E-state index contributed by atoms with van der Waals surface area (Å²) in [5, 5.41) is 0. The van der Waals surface area contributed by atoms with Crippen molar-refractivity contribution < 1.29 is 19.0 Å². The number of carbonyl (C=O) groups excluding carboxylic acids is 1. The molecule has 0 aromatic carbocycles. The Morgan fingerprint density at radius 3 is 2.21 bits per heavy atom. The van der Waals surface area contributed by atoms with Crippen molar-refractivity contribution in [3.05, 3.63) is 24.7 Å². The van der Waals surface area contributed by atoms with E-state index in [0.29, 0.717) is 19.0 Å². The van der Waals surface area contributed by atoms with Gasteiger partial charge < -0.3 is 14.2 Å². The Morgan fingerprint density at radius 2 is 1.71 bits per heavy atom. The molecule has 0 aromatic heterocycles. The molecular weight excluding hydrogens is 184 g/mol. The van der Waals surface area contributed by atoms with Crippen molar-refractivity contribution in [1.29, 1.82) is 0 Å². The van der Waals surface area contributed by atoms with Gasteiger partial charge in [-0.15, -0.1) is 0 Å². The standard InChI is InChI=1S/C10H16O4/c1-5-12-10(11)9(4)14-7-6-13-8(2)3/h2,4-7H2,1,3H3. The van der Waals surface area contributed by atoms with Gasteiger partial charge >= 0.3 is 5.97 Å². The molecule has 0 atom stereocenters. The van der Waals surface area contributed by atoms with Gasteiger partial charge in [-0.05, 0) is 20.4 Å². The van der Waals surface area contributed by atoms with E-state index in [2.05, 4.69) is 17.9 Å². The fourth-order valence-corrected chi connectivity index (χ4v) is 0.651. The zero-order valence-corrected chi connectivity index (χ0v) is 8.67. The van der Waals surface area contributed by atoms with Crippen molar-refractivity contribution in [2.24, 2.45) is 0 Å². The Morgan fingerprint density at radius 1 is 1.14 bits per heavy atom. The van der Waals surface area contributed by atoms with Crippen molar-refractivity contribution in [2.45, 2.75) is 13.8 Å². The number of hydrogen-bond donors (Lipinski definition) is 0. The minimum absolute atomic E-state index is 0.00262. The molecule has 4 nitrogen and oxygen atoms in total. The molecule has 0 aliphatic rings. The summed E-state index contributed by atoms with van der Waals surface area (Å²) in [6.07, 6.45) is 0. The predicted molar refractivity (Wildman–Crippen MR) is 52.5 cm³/mol. The van der Waals surface area contributed by atoms with E-state index in [9.17, 15) is 4.79 Å². The van der Waals surface area contributed by atoms with Crippen LogP contribution < -0.4 is 0 Å². The number of esters is 1. The number of ether oxygens (including phenoxy) is 3. The summed E-state index contributed by atoms with van der Waals surface area (Å²) in [5.74, 6) is 0.0651. The molecule has 0 aliphatic heterocycles. The number of allylic oxidation sites excluding steroid dienone is 1. The second-order valence-electron chi connectivity index (χ2n) is 2.54. The van der Waals surface area contributed by atoms with Gasteiger partial charge in [0.05, 0.1) is 12.4 Å². The number of rotatable bonds is 7. The van der Waals surface area contributed by atoms with Crippen molar-refractivity contribution in [3.63, 3.8) is 0 Å². The van der Waals surface area contributed by atoms with Crippen LogP contribution in [0.4, 0.5) is 0 Å². The van der Waals surface area contributed by atoms with Gasteiger partial charge in [-0.3, -0.25) is 0 Å². The fraction of sp³-hybridized carbons (Fsp3) is 0.500. The Kier molecular flexibility index (Phi) is 6.28. The quantitative estimate of drug-likeness (QED) is 0.271. The lowest BCUT2D eigenvalue weighted by Gasteiger charge is -2.08. The molecule has 80 valence electrons. The third-order valence-corrected chi connectivity index (χ3v) is 1.21. The van der Waals surface area contributed by atoms with Crippen molar-refractivity contribution in [1.82, 2.24) is 0 Å². The van der Waals surface area contributed by atoms with Crippen LogP contribution in [0.1, 0.15) is 13.8 Å². The molecule has 0 amide bonds. The van der Waals surface area contributed by atoms with Crippen LogP contribution in [0, 0.1) is 0 Å². The van der Waals surface area contributed by atoms with Crippen LogP contribution in [0.25, 0.3) is 0 Å². The minimum atomic E-state index is -0.539. The topological polar surface area (TPSA) is 44.8 Å². The largest absolute Gasteiger partial charge is 0.495 e. The summed E-state index contributed by atoms with van der Waals surface area (Å²) >= 11 is 0. The van der Waals surface area contributed by atoms with Gasteiger partial charge in [-0.2, -0.15) is 0 Å². The second kappa shape index (κ2) is 7.00. The Hall–Kier alpha value is -1.45. The summed E-state index contributed by atoms with van der Waals surface area (Å²) in [7, 11) is 0. The SMILES string of the molecule is C=C(C)OCCOC(=C)C(=O)OCC. The lowest BCUT2D eigenvalue weighted by atomic mass is 10.5. The van der Waals surface area contributed by atoms with E-state index in [-0.39, 0.29) is 12.4 Å². The zero-order valence-electron chi connectivity index (χ0n) is 8.67. The molecule has 0 unspecified atom stereocenters. The second-order valence-corrected chi connectivity index (χ2v) is 2.54. The van der Waals surface area contributed by atoms with Gasteiger partial charge in [-0.25, -0.2) is 4.79 Å². The van der Waals surface area contributed by atoms with Gasteiger partial charge in [0.1, 0.15) is 13.2 Å².